The van der Waals surface area contributed by atoms with Gasteiger partial charge in [-0.05, 0) is 50.6 Å². The van der Waals surface area contributed by atoms with Crippen molar-refractivity contribution in [1.82, 2.24) is 14.9 Å². The lowest BCUT2D eigenvalue weighted by molar-refractivity contribution is -0.0541. The van der Waals surface area contributed by atoms with Crippen molar-refractivity contribution in [2.24, 2.45) is 0 Å². The average Bonchev–Trinajstić information content (AvgIpc) is 2.99. The molecule has 0 unspecified atom stereocenters. The van der Waals surface area contributed by atoms with Crippen LogP contribution in [0.2, 0.25) is 0 Å². The maximum atomic E-state index is 13.8. The van der Waals surface area contributed by atoms with Gasteiger partial charge in [0, 0.05) is 31.4 Å². The van der Waals surface area contributed by atoms with Crippen LogP contribution in [0.5, 0.6) is 5.88 Å². The SMILES string of the molecule is Cc1cccc(CN2CCC[C@]3(C[C@H](Oc4ncccc4F)CO3)C2)n1. The van der Waals surface area contributed by atoms with Gasteiger partial charge in [0.25, 0.3) is 5.88 Å². The van der Waals surface area contributed by atoms with Crippen molar-refractivity contribution in [3.8, 4) is 5.88 Å². The molecular weight excluding hydrogens is 333 g/mol. The number of ether oxygens (including phenoxy) is 2. The Balaban J connectivity index is 1.38. The van der Waals surface area contributed by atoms with Crippen molar-refractivity contribution < 1.29 is 13.9 Å². The zero-order chi connectivity index (χ0) is 18.0. The Labute approximate surface area is 153 Å². The summed E-state index contributed by atoms with van der Waals surface area (Å²) in [4.78, 5) is 11.0. The number of aryl methyl sites for hydroxylation is 1. The van der Waals surface area contributed by atoms with Gasteiger partial charge in [0.15, 0.2) is 5.82 Å². The summed E-state index contributed by atoms with van der Waals surface area (Å²) < 4.78 is 25.7. The van der Waals surface area contributed by atoms with Crippen LogP contribution in [0.4, 0.5) is 4.39 Å². The van der Waals surface area contributed by atoms with Gasteiger partial charge in [0.2, 0.25) is 0 Å². The molecule has 0 saturated carbocycles. The van der Waals surface area contributed by atoms with Gasteiger partial charge in [-0.25, -0.2) is 9.37 Å². The van der Waals surface area contributed by atoms with Crippen LogP contribution in [0.3, 0.4) is 0 Å². The summed E-state index contributed by atoms with van der Waals surface area (Å²) in [5.41, 5.74) is 1.92. The Morgan fingerprint density at radius 3 is 3.12 bits per heavy atom. The number of piperidine rings is 1. The van der Waals surface area contributed by atoms with E-state index in [1.165, 1.54) is 6.07 Å². The zero-order valence-corrected chi connectivity index (χ0v) is 15.0. The number of halogens is 1. The van der Waals surface area contributed by atoms with Crippen LogP contribution in [0.1, 0.15) is 30.7 Å². The predicted octanol–water partition coefficient (Wildman–Crippen LogP) is 3.13. The first kappa shape index (κ1) is 17.4. The molecule has 2 aliphatic heterocycles. The second kappa shape index (κ2) is 7.29. The van der Waals surface area contributed by atoms with Crippen molar-refractivity contribution in [3.05, 3.63) is 53.7 Å². The molecule has 5 nitrogen and oxygen atoms in total. The molecule has 0 radical (unpaired) electrons. The number of nitrogens with zero attached hydrogens (tertiary/aromatic N) is 3. The van der Waals surface area contributed by atoms with E-state index < -0.39 is 5.82 Å². The minimum absolute atomic E-state index is 0.0646. The van der Waals surface area contributed by atoms with E-state index in [0.29, 0.717) is 6.61 Å². The maximum Gasteiger partial charge on any atom is 0.250 e. The molecule has 138 valence electrons. The molecule has 6 heteroatoms. The highest BCUT2D eigenvalue weighted by molar-refractivity contribution is 5.14. The molecule has 2 saturated heterocycles. The van der Waals surface area contributed by atoms with Crippen LogP contribution in [0, 0.1) is 12.7 Å². The Kier molecular flexibility index (Phi) is 4.87. The second-order valence-electron chi connectivity index (χ2n) is 7.31. The molecular formula is C20H24FN3O2. The van der Waals surface area contributed by atoms with E-state index in [1.54, 1.807) is 12.3 Å². The van der Waals surface area contributed by atoms with Gasteiger partial charge in [-0.3, -0.25) is 9.88 Å². The Morgan fingerprint density at radius 2 is 2.27 bits per heavy atom. The number of pyridine rings is 2. The minimum Gasteiger partial charge on any atom is -0.470 e. The minimum atomic E-state index is -0.427. The van der Waals surface area contributed by atoms with Crippen molar-refractivity contribution in [3.63, 3.8) is 0 Å². The third kappa shape index (κ3) is 3.86. The summed E-state index contributed by atoms with van der Waals surface area (Å²) in [5, 5.41) is 0. The third-order valence-electron chi connectivity index (χ3n) is 5.13. The van der Waals surface area contributed by atoms with Gasteiger partial charge in [0.05, 0.1) is 17.9 Å². The van der Waals surface area contributed by atoms with Crippen LogP contribution >= 0.6 is 0 Å². The Hall–Kier alpha value is -2.05. The molecule has 0 amide bonds. The zero-order valence-electron chi connectivity index (χ0n) is 15.0. The Bertz CT molecular complexity index is 772. The molecule has 0 N–H and O–H groups in total. The highest BCUT2D eigenvalue weighted by atomic mass is 19.1. The van der Waals surface area contributed by atoms with Crippen molar-refractivity contribution >= 4 is 0 Å². The molecule has 0 bridgehead atoms. The molecule has 0 aromatic carbocycles. The van der Waals surface area contributed by atoms with Crippen LogP contribution in [-0.4, -0.2) is 46.3 Å². The number of hydrogen-bond acceptors (Lipinski definition) is 5. The highest BCUT2D eigenvalue weighted by Crippen LogP contribution is 2.36. The van der Waals surface area contributed by atoms with Gasteiger partial charge >= 0.3 is 0 Å². The molecule has 2 aliphatic rings. The fraction of sp³-hybridized carbons (Fsp3) is 0.500. The first-order valence-electron chi connectivity index (χ1n) is 9.18. The summed E-state index contributed by atoms with van der Waals surface area (Å²) in [6.07, 6.45) is 4.24. The van der Waals surface area contributed by atoms with Crippen LogP contribution in [-0.2, 0) is 11.3 Å². The number of aromatic nitrogens is 2. The molecule has 2 aromatic rings. The lowest BCUT2D eigenvalue weighted by atomic mass is 9.89. The fourth-order valence-electron chi connectivity index (χ4n) is 4.02. The van der Waals surface area contributed by atoms with Gasteiger partial charge in [-0.15, -0.1) is 0 Å². The van der Waals surface area contributed by atoms with E-state index >= 15 is 0 Å². The van der Waals surface area contributed by atoms with Crippen LogP contribution in [0.15, 0.2) is 36.5 Å². The number of likely N-dealkylation sites (tertiary alicyclic amines) is 1. The molecule has 4 rings (SSSR count). The molecule has 2 atom stereocenters. The van der Waals surface area contributed by atoms with E-state index in [2.05, 4.69) is 27.0 Å². The van der Waals surface area contributed by atoms with Gasteiger partial charge < -0.3 is 9.47 Å². The van der Waals surface area contributed by atoms with E-state index in [4.69, 9.17) is 9.47 Å². The van der Waals surface area contributed by atoms with E-state index in [-0.39, 0.29) is 17.6 Å². The number of hydrogen-bond donors (Lipinski definition) is 0. The molecule has 2 fully saturated rings. The van der Waals surface area contributed by atoms with E-state index in [1.807, 2.05) is 13.0 Å². The average molecular weight is 357 g/mol. The first-order valence-corrected chi connectivity index (χ1v) is 9.18. The fourth-order valence-corrected chi connectivity index (χ4v) is 4.02. The summed E-state index contributed by atoms with van der Waals surface area (Å²) >= 11 is 0. The smallest absolute Gasteiger partial charge is 0.250 e. The monoisotopic (exact) mass is 357 g/mol. The van der Waals surface area contributed by atoms with E-state index in [0.717, 1.165) is 50.3 Å². The summed E-state index contributed by atoms with van der Waals surface area (Å²) in [7, 11) is 0. The Morgan fingerprint density at radius 1 is 1.35 bits per heavy atom. The second-order valence-corrected chi connectivity index (χ2v) is 7.31. The lowest BCUT2D eigenvalue weighted by Crippen LogP contribution is -2.47. The molecule has 4 heterocycles. The van der Waals surface area contributed by atoms with Crippen LogP contribution in [0.25, 0.3) is 0 Å². The van der Waals surface area contributed by atoms with Crippen molar-refractivity contribution in [1.29, 1.82) is 0 Å². The van der Waals surface area contributed by atoms with Crippen molar-refractivity contribution in [2.45, 2.75) is 44.4 Å². The standard InChI is InChI=1S/C20H24FN3O2/c1-15-5-2-6-16(23-15)12-24-10-4-8-20(14-24)11-17(13-25-20)26-19-18(21)7-3-9-22-19/h2-3,5-7,9,17H,4,8,10-14H2,1H3/t17-,20-/m0/s1. The van der Waals surface area contributed by atoms with Crippen LogP contribution < -0.4 is 4.74 Å². The summed E-state index contributed by atoms with van der Waals surface area (Å²) in [5.74, 6) is -0.362. The van der Waals surface area contributed by atoms with E-state index in [9.17, 15) is 4.39 Å². The quantitative estimate of drug-likeness (QED) is 0.841. The summed E-state index contributed by atoms with van der Waals surface area (Å²) in [6.45, 7) is 5.22. The number of rotatable bonds is 4. The van der Waals surface area contributed by atoms with Gasteiger partial charge in [-0.1, -0.05) is 6.07 Å². The van der Waals surface area contributed by atoms with Gasteiger partial charge in [-0.2, -0.15) is 0 Å². The predicted molar refractivity (Wildman–Crippen MR) is 95.4 cm³/mol. The molecule has 26 heavy (non-hydrogen) atoms. The van der Waals surface area contributed by atoms with Gasteiger partial charge in [0.1, 0.15) is 6.10 Å². The normalized spacial score (nSPS) is 26.3. The first-order chi connectivity index (χ1) is 12.6. The summed E-state index contributed by atoms with van der Waals surface area (Å²) in [6, 6.07) is 9.06. The topological polar surface area (TPSA) is 47.5 Å². The molecule has 2 aromatic heterocycles. The lowest BCUT2D eigenvalue weighted by Gasteiger charge is -2.39. The maximum absolute atomic E-state index is 13.8. The molecule has 1 spiro atoms. The largest absolute Gasteiger partial charge is 0.470 e. The molecule has 0 aliphatic carbocycles. The van der Waals surface area contributed by atoms with Crippen molar-refractivity contribution in [2.75, 3.05) is 19.7 Å². The third-order valence-corrected chi connectivity index (χ3v) is 5.13. The highest BCUT2D eigenvalue weighted by Gasteiger charge is 2.44.